The number of amides is 2. The van der Waals surface area contributed by atoms with Crippen LogP contribution in [-0.2, 0) is 9.59 Å². The summed E-state index contributed by atoms with van der Waals surface area (Å²) in [5, 5.41) is 2.79. The van der Waals surface area contributed by atoms with Gasteiger partial charge in [-0.15, -0.1) is 0 Å². The van der Waals surface area contributed by atoms with Crippen LogP contribution >= 0.6 is 0 Å². The van der Waals surface area contributed by atoms with Gasteiger partial charge in [-0.3, -0.25) is 9.59 Å². The van der Waals surface area contributed by atoms with E-state index in [4.69, 9.17) is 0 Å². The van der Waals surface area contributed by atoms with Gasteiger partial charge in [-0.25, -0.2) is 0 Å². The first-order valence-corrected chi connectivity index (χ1v) is 7.35. The van der Waals surface area contributed by atoms with Crippen molar-refractivity contribution in [2.75, 3.05) is 18.0 Å². The summed E-state index contributed by atoms with van der Waals surface area (Å²) in [5.74, 6) is 0.0864. The molecule has 1 aliphatic rings. The zero-order chi connectivity index (χ0) is 14.4. The van der Waals surface area contributed by atoms with Gasteiger partial charge in [0.25, 0.3) is 0 Å². The lowest BCUT2D eigenvalue weighted by Crippen LogP contribution is -2.45. The smallest absolute Gasteiger partial charge is 0.231 e. The Labute approximate surface area is 120 Å². The predicted molar refractivity (Wildman–Crippen MR) is 79.4 cm³/mol. The van der Waals surface area contributed by atoms with Gasteiger partial charge >= 0.3 is 0 Å². The van der Waals surface area contributed by atoms with Crippen LogP contribution in [0.1, 0.15) is 32.6 Å². The van der Waals surface area contributed by atoms with Gasteiger partial charge in [0.05, 0.1) is 5.92 Å². The molecule has 1 atom stereocenters. The zero-order valence-electron chi connectivity index (χ0n) is 12.0. The van der Waals surface area contributed by atoms with Gasteiger partial charge < -0.3 is 10.2 Å². The van der Waals surface area contributed by atoms with Crippen LogP contribution < -0.4 is 10.2 Å². The summed E-state index contributed by atoms with van der Waals surface area (Å²) in [4.78, 5) is 25.8. The van der Waals surface area contributed by atoms with Crippen molar-refractivity contribution in [1.29, 1.82) is 0 Å². The number of nitrogens with one attached hydrogen (secondary N) is 1. The van der Waals surface area contributed by atoms with Crippen molar-refractivity contribution in [2.45, 2.75) is 32.6 Å². The molecule has 1 aromatic carbocycles. The van der Waals surface area contributed by atoms with E-state index in [1.54, 1.807) is 0 Å². The predicted octanol–water partition coefficient (Wildman–Crippen LogP) is 2.35. The quantitative estimate of drug-likeness (QED) is 0.896. The summed E-state index contributed by atoms with van der Waals surface area (Å²) in [5.41, 5.74) is 0.947. The second-order valence-corrected chi connectivity index (χ2v) is 5.22. The van der Waals surface area contributed by atoms with Crippen LogP contribution in [0.3, 0.4) is 0 Å². The van der Waals surface area contributed by atoms with E-state index < -0.39 is 0 Å². The van der Waals surface area contributed by atoms with Gasteiger partial charge in [-0.2, -0.15) is 0 Å². The lowest BCUT2D eigenvalue weighted by molar-refractivity contribution is -0.127. The van der Waals surface area contributed by atoms with E-state index in [9.17, 15) is 9.59 Å². The minimum absolute atomic E-state index is 0.0499. The first-order chi connectivity index (χ1) is 9.72. The molecule has 1 N–H and O–H groups in total. The molecule has 0 spiro atoms. The van der Waals surface area contributed by atoms with Gasteiger partial charge in [-0.1, -0.05) is 31.5 Å². The summed E-state index contributed by atoms with van der Waals surface area (Å²) in [6, 6.07) is 9.78. The maximum atomic E-state index is 12.7. The van der Waals surface area contributed by atoms with Crippen molar-refractivity contribution in [3.05, 3.63) is 30.3 Å². The molecule has 1 saturated heterocycles. The lowest BCUT2D eigenvalue weighted by Gasteiger charge is -2.29. The number of piperidine rings is 1. The molecule has 1 aliphatic heterocycles. The number of carbonyl (C=O) groups is 2. The van der Waals surface area contributed by atoms with Gasteiger partial charge in [0.1, 0.15) is 0 Å². The highest BCUT2D eigenvalue weighted by Gasteiger charge is 2.28. The molecule has 1 aromatic rings. The van der Waals surface area contributed by atoms with Crippen molar-refractivity contribution in [3.63, 3.8) is 0 Å². The maximum Gasteiger partial charge on any atom is 0.231 e. The molecule has 0 radical (unpaired) electrons. The summed E-state index contributed by atoms with van der Waals surface area (Å²) in [7, 11) is 0. The third-order valence-electron chi connectivity index (χ3n) is 3.68. The van der Waals surface area contributed by atoms with Crippen LogP contribution in [0, 0.1) is 5.92 Å². The standard InChI is InChI=1S/C16H22N2O2/c1-2-3-11-18(14-7-5-4-6-8-14)16(20)13-9-10-15(19)17-12-13/h4-8,13H,2-3,9-12H2,1H3,(H,17,19). The fraction of sp³-hybridized carbons (Fsp3) is 0.500. The van der Waals surface area contributed by atoms with Gasteiger partial charge in [0.2, 0.25) is 11.8 Å². The van der Waals surface area contributed by atoms with Crippen molar-refractivity contribution in [3.8, 4) is 0 Å². The Hall–Kier alpha value is -1.84. The molecule has 108 valence electrons. The minimum atomic E-state index is -0.0928. The molecule has 0 aliphatic carbocycles. The highest BCUT2D eigenvalue weighted by molar-refractivity contribution is 5.96. The number of para-hydroxylation sites is 1. The number of hydrogen-bond donors (Lipinski definition) is 1. The van der Waals surface area contributed by atoms with Crippen LogP contribution in [0.5, 0.6) is 0 Å². The SMILES string of the molecule is CCCCN(C(=O)C1CCC(=O)NC1)c1ccccc1. The normalized spacial score (nSPS) is 18.4. The number of hydrogen-bond acceptors (Lipinski definition) is 2. The molecule has 20 heavy (non-hydrogen) atoms. The van der Waals surface area contributed by atoms with Crippen molar-refractivity contribution < 1.29 is 9.59 Å². The number of nitrogens with zero attached hydrogens (tertiary/aromatic N) is 1. The van der Waals surface area contributed by atoms with Crippen molar-refractivity contribution in [1.82, 2.24) is 5.32 Å². The Balaban J connectivity index is 2.09. The fourth-order valence-electron chi connectivity index (χ4n) is 2.45. The van der Waals surface area contributed by atoms with Gasteiger partial charge in [0, 0.05) is 25.2 Å². The molecular formula is C16H22N2O2. The molecule has 2 amide bonds. The monoisotopic (exact) mass is 274 g/mol. The summed E-state index contributed by atoms with van der Waals surface area (Å²) < 4.78 is 0. The highest BCUT2D eigenvalue weighted by atomic mass is 16.2. The van der Waals surface area contributed by atoms with Gasteiger partial charge in [-0.05, 0) is 25.0 Å². The zero-order valence-corrected chi connectivity index (χ0v) is 12.0. The average Bonchev–Trinajstić information content (AvgIpc) is 2.49. The Kier molecular flexibility index (Phi) is 5.16. The van der Waals surface area contributed by atoms with Crippen molar-refractivity contribution >= 4 is 17.5 Å². The summed E-state index contributed by atoms with van der Waals surface area (Å²) in [6.07, 6.45) is 3.14. The third kappa shape index (κ3) is 3.59. The first-order valence-electron chi connectivity index (χ1n) is 7.35. The largest absolute Gasteiger partial charge is 0.355 e. The molecule has 2 rings (SSSR count). The molecule has 1 heterocycles. The van der Waals surface area contributed by atoms with Crippen molar-refractivity contribution in [2.24, 2.45) is 5.92 Å². The Morgan fingerprint density at radius 2 is 2.10 bits per heavy atom. The topological polar surface area (TPSA) is 49.4 Å². The summed E-state index contributed by atoms with van der Waals surface area (Å²) in [6.45, 7) is 3.32. The fourth-order valence-corrected chi connectivity index (χ4v) is 2.45. The Morgan fingerprint density at radius 1 is 1.35 bits per heavy atom. The maximum absolute atomic E-state index is 12.7. The van der Waals surface area contributed by atoms with Crippen LogP contribution in [0.2, 0.25) is 0 Å². The molecule has 1 unspecified atom stereocenters. The third-order valence-corrected chi connectivity index (χ3v) is 3.68. The van der Waals surface area contributed by atoms with E-state index in [-0.39, 0.29) is 17.7 Å². The van der Waals surface area contributed by atoms with Crippen LogP contribution in [0.4, 0.5) is 5.69 Å². The molecular weight excluding hydrogens is 252 g/mol. The summed E-state index contributed by atoms with van der Waals surface area (Å²) >= 11 is 0. The number of benzene rings is 1. The van der Waals surface area contributed by atoms with E-state index in [1.807, 2.05) is 35.2 Å². The van der Waals surface area contributed by atoms with E-state index in [0.717, 1.165) is 25.1 Å². The number of rotatable bonds is 5. The highest BCUT2D eigenvalue weighted by Crippen LogP contribution is 2.20. The Bertz CT molecular complexity index is 449. The molecule has 0 aromatic heterocycles. The second kappa shape index (κ2) is 7.08. The van der Waals surface area contributed by atoms with Crippen LogP contribution in [0.25, 0.3) is 0 Å². The Morgan fingerprint density at radius 3 is 2.70 bits per heavy atom. The van der Waals surface area contributed by atoms with E-state index in [0.29, 0.717) is 19.4 Å². The molecule has 0 bridgehead atoms. The van der Waals surface area contributed by atoms with Crippen LogP contribution in [0.15, 0.2) is 30.3 Å². The second-order valence-electron chi connectivity index (χ2n) is 5.22. The first kappa shape index (κ1) is 14.6. The van der Waals surface area contributed by atoms with E-state index >= 15 is 0 Å². The molecule has 1 fully saturated rings. The van der Waals surface area contributed by atoms with E-state index in [1.165, 1.54) is 0 Å². The van der Waals surface area contributed by atoms with Crippen LogP contribution in [-0.4, -0.2) is 24.9 Å². The van der Waals surface area contributed by atoms with E-state index in [2.05, 4.69) is 12.2 Å². The number of anilines is 1. The average molecular weight is 274 g/mol. The molecule has 4 heteroatoms. The number of carbonyl (C=O) groups excluding carboxylic acids is 2. The minimum Gasteiger partial charge on any atom is -0.355 e. The number of unbranched alkanes of at least 4 members (excludes halogenated alkanes) is 1. The lowest BCUT2D eigenvalue weighted by atomic mass is 9.97. The van der Waals surface area contributed by atoms with Gasteiger partial charge in [0.15, 0.2) is 0 Å². The molecule has 0 saturated carbocycles. The molecule has 4 nitrogen and oxygen atoms in total.